The molecule has 0 radical (unpaired) electrons. The largest absolute Gasteiger partial charge is 0.386 e. The van der Waals surface area contributed by atoms with E-state index in [1.54, 1.807) is 6.07 Å². The molecule has 1 saturated heterocycles. The number of para-hydroxylation sites is 1. The van der Waals surface area contributed by atoms with E-state index in [1.807, 2.05) is 6.92 Å². The van der Waals surface area contributed by atoms with Crippen LogP contribution in [0.4, 0.5) is 5.69 Å². The molecule has 0 aliphatic carbocycles. The molecule has 6 heteroatoms. The second kappa shape index (κ2) is 4.38. The molecule has 0 saturated carbocycles. The molecule has 1 aromatic carbocycles. The molecule has 1 amide bonds. The number of nitro groups is 1. The number of nitro benzene ring substituents is 1. The third-order valence-corrected chi connectivity index (χ3v) is 3.25. The van der Waals surface area contributed by atoms with E-state index in [-0.39, 0.29) is 24.3 Å². The van der Waals surface area contributed by atoms with Gasteiger partial charge in [0.2, 0.25) is 0 Å². The molecule has 96 valence electrons. The molecular formula is C12H14N2O4. The van der Waals surface area contributed by atoms with Crippen molar-refractivity contribution < 1.29 is 14.8 Å². The zero-order valence-electron chi connectivity index (χ0n) is 10.00. The van der Waals surface area contributed by atoms with Crippen LogP contribution in [0.25, 0.3) is 0 Å². The first kappa shape index (κ1) is 12.5. The number of hydrogen-bond donors (Lipinski definition) is 1. The maximum atomic E-state index is 12.1. The summed E-state index contributed by atoms with van der Waals surface area (Å²) in [5.41, 5.74) is -0.964. The van der Waals surface area contributed by atoms with Gasteiger partial charge in [-0.3, -0.25) is 14.9 Å². The van der Waals surface area contributed by atoms with Crippen molar-refractivity contribution in [3.05, 3.63) is 39.9 Å². The maximum absolute atomic E-state index is 12.1. The fourth-order valence-electron chi connectivity index (χ4n) is 2.02. The van der Waals surface area contributed by atoms with Crippen molar-refractivity contribution >= 4 is 11.6 Å². The Hall–Kier alpha value is -1.95. The molecule has 0 atom stereocenters. The molecule has 1 aromatic rings. The van der Waals surface area contributed by atoms with Crippen LogP contribution in [0.3, 0.4) is 0 Å². The van der Waals surface area contributed by atoms with Crippen LogP contribution in [0.2, 0.25) is 0 Å². The van der Waals surface area contributed by atoms with Crippen molar-refractivity contribution in [2.24, 2.45) is 0 Å². The predicted octanol–water partition coefficient (Wildman–Crippen LogP) is 1.19. The van der Waals surface area contributed by atoms with Crippen LogP contribution in [0.15, 0.2) is 24.3 Å². The van der Waals surface area contributed by atoms with Crippen LogP contribution < -0.4 is 0 Å². The van der Waals surface area contributed by atoms with E-state index in [0.29, 0.717) is 6.42 Å². The Balaban J connectivity index is 2.19. The quantitative estimate of drug-likeness (QED) is 0.645. The van der Waals surface area contributed by atoms with Gasteiger partial charge in [-0.1, -0.05) is 19.1 Å². The van der Waals surface area contributed by atoms with Gasteiger partial charge in [0.1, 0.15) is 5.56 Å². The first-order valence-electron chi connectivity index (χ1n) is 5.72. The van der Waals surface area contributed by atoms with Gasteiger partial charge in [-0.05, 0) is 12.5 Å². The molecule has 1 heterocycles. The normalized spacial score (nSPS) is 17.1. The second-order valence-electron chi connectivity index (χ2n) is 4.51. The van der Waals surface area contributed by atoms with Crippen LogP contribution in [-0.4, -0.2) is 39.5 Å². The number of carbonyl (C=O) groups excluding carboxylic acids is 1. The minimum Gasteiger partial charge on any atom is -0.386 e. The monoisotopic (exact) mass is 250 g/mol. The van der Waals surface area contributed by atoms with Gasteiger partial charge in [-0.2, -0.15) is 0 Å². The van der Waals surface area contributed by atoms with Crippen LogP contribution in [0.5, 0.6) is 0 Å². The predicted molar refractivity (Wildman–Crippen MR) is 64.2 cm³/mol. The smallest absolute Gasteiger partial charge is 0.282 e. The number of aliphatic hydroxyl groups is 1. The van der Waals surface area contributed by atoms with E-state index in [9.17, 15) is 20.0 Å². The van der Waals surface area contributed by atoms with Gasteiger partial charge in [0, 0.05) is 6.07 Å². The highest BCUT2D eigenvalue weighted by molar-refractivity contribution is 5.98. The lowest BCUT2D eigenvalue weighted by Gasteiger charge is -2.45. The van der Waals surface area contributed by atoms with Gasteiger partial charge in [0.05, 0.1) is 23.6 Å². The summed E-state index contributed by atoms with van der Waals surface area (Å²) in [5.74, 6) is -0.402. The van der Waals surface area contributed by atoms with Gasteiger partial charge in [0.15, 0.2) is 0 Å². The summed E-state index contributed by atoms with van der Waals surface area (Å²) < 4.78 is 0. The third-order valence-electron chi connectivity index (χ3n) is 3.25. The Bertz CT molecular complexity index is 495. The fraction of sp³-hybridized carbons (Fsp3) is 0.417. The standard InChI is InChI=1S/C12H14N2O4/c1-2-12(16)7-13(8-12)11(15)9-5-3-4-6-10(9)14(17)18/h3-6,16H,2,7-8H2,1H3. The summed E-state index contributed by atoms with van der Waals surface area (Å²) >= 11 is 0. The minimum atomic E-state index is -0.834. The average molecular weight is 250 g/mol. The van der Waals surface area contributed by atoms with Crippen molar-refractivity contribution in [3.63, 3.8) is 0 Å². The van der Waals surface area contributed by atoms with Crippen LogP contribution in [0, 0.1) is 10.1 Å². The highest BCUT2D eigenvalue weighted by atomic mass is 16.6. The molecule has 1 N–H and O–H groups in total. The summed E-state index contributed by atoms with van der Waals surface area (Å²) in [4.78, 5) is 23.7. The lowest BCUT2D eigenvalue weighted by molar-refractivity contribution is -0.385. The molecule has 0 spiro atoms. The Morgan fingerprint density at radius 1 is 1.50 bits per heavy atom. The van der Waals surface area contributed by atoms with Gasteiger partial charge in [-0.25, -0.2) is 0 Å². The topological polar surface area (TPSA) is 83.7 Å². The molecule has 0 unspecified atom stereocenters. The van der Waals surface area contributed by atoms with E-state index < -0.39 is 16.4 Å². The lowest BCUT2D eigenvalue weighted by atomic mass is 9.90. The first-order valence-corrected chi connectivity index (χ1v) is 5.72. The Labute approximate surface area is 104 Å². The number of amides is 1. The molecule has 0 aromatic heterocycles. The highest BCUT2D eigenvalue weighted by Gasteiger charge is 2.43. The van der Waals surface area contributed by atoms with Crippen LogP contribution in [0.1, 0.15) is 23.7 Å². The lowest BCUT2D eigenvalue weighted by Crippen LogP contribution is -2.63. The van der Waals surface area contributed by atoms with E-state index in [0.717, 1.165) is 0 Å². The SMILES string of the molecule is CCC1(O)CN(C(=O)c2ccccc2[N+](=O)[O-])C1. The number of benzene rings is 1. The maximum Gasteiger partial charge on any atom is 0.282 e. The number of hydrogen-bond acceptors (Lipinski definition) is 4. The van der Waals surface area contributed by atoms with Crippen molar-refractivity contribution in [2.75, 3.05) is 13.1 Å². The molecule has 0 bridgehead atoms. The van der Waals surface area contributed by atoms with Crippen LogP contribution >= 0.6 is 0 Å². The van der Waals surface area contributed by atoms with Gasteiger partial charge in [0.25, 0.3) is 11.6 Å². The summed E-state index contributed by atoms with van der Waals surface area (Å²) in [7, 11) is 0. The van der Waals surface area contributed by atoms with Gasteiger partial charge >= 0.3 is 0 Å². The van der Waals surface area contributed by atoms with Gasteiger partial charge < -0.3 is 10.0 Å². The van der Waals surface area contributed by atoms with E-state index >= 15 is 0 Å². The van der Waals surface area contributed by atoms with E-state index in [4.69, 9.17) is 0 Å². The summed E-state index contributed by atoms with van der Waals surface area (Å²) in [6, 6.07) is 5.85. The number of β-amino-alcohol motifs (C(OH)–C–C–N with tert-alkyl or cyclic N) is 1. The summed E-state index contributed by atoms with van der Waals surface area (Å²) in [5, 5.41) is 20.7. The molecule has 2 rings (SSSR count). The van der Waals surface area contributed by atoms with Crippen molar-refractivity contribution in [1.82, 2.24) is 4.90 Å². The molecule has 1 aliphatic rings. The molecule has 6 nitrogen and oxygen atoms in total. The average Bonchev–Trinajstić information content (AvgIpc) is 2.34. The first-order chi connectivity index (χ1) is 8.47. The fourth-order valence-corrected chi connectivity index (χ4v) is 2.02. The number of carbonyl (C=O) groups is 1. The molecule has 1 aliphatic heterocycles. The third kappa shape index (κ3) is 2.06. The second-order valence-corrected chi connectivity index (χ2v) is 4.51. The highest BCUT2D eigenvalue weighted by Crippen LogP contribution is 2.28. The molecule has 1 fully saturated rings. The number of nitrogens with zero attached hydrogens (tertiary/aromatic N) is 2. The molecular weight excluding hydrogens is 236 g/mol. The molecule has 18 heavy (non-hydrogen) atoms. The Kier molecular flexibility index (Phi) is 3.04. The van der Waals surface area contributed by atoms with Crippen molar-refractivity contribution in [1.29, 1.82) is 0 Å². The zero-order chi connectivity index (χ0) is 13.3. The summed E-state index contributed by atoms with van der Waals surface area (Å²) in [6.07, 6.45) is 0.563. The Morgan fingerprint density at radius 2 is 2.11 bits per heavy atom. The zero-order valence-corrected chi connectivity index (χ0v) is 10.00. The van der Waals surface area contributed by atoms with Crippen molar-refractivity contribution in [3.8, 4) is 0 Å². The van der Waals surface area contributed by atoms with Gasteiger partial charge in [-0.15, -0.1) is 0 Å². The van der Waals surface area contributed by atoms with E-state index in [2.05, 4.69) is 0 Å². The Morgan fingerprint density at radius 3 is 2.67 bits per heavy atom. The van der Waals surface area contributed by atoms with Crippen molar-refractivity contribution in [2.45, 2.75) is 18.9 Å². The summed E-state index contributed by atoms with van der Waals surface area (Å²) in [6.45, 7) is 2.30. The minimum absolute atomic E-state index is 0.0700. The van der Waals surface area contributed by atoms with E-state index in [1.165, 1.54) is 23.1 Å². The number of likely N-dealkylation sites (tertiary alicyclic amines) is 1. The number of rotatable bonds is 3. The van der Waals surface area contributed by atoms with Crippen LogP contribution in [-0.2, 0) is 0 Å².